The van der Waals surface area contributed by atoms with Gasteiger partial charge in [-0.25, -0.2) is 13.4 Å². The second-order valence-electron chi connectivity index (χ2n) is 7.68. The van der Waals surface area contributed by atoms with Gasteiger partial charge in [0.1, 0.15) is 5.82 Å². The van der Waals surface area contributed by atoms with Gasteiger partial charge >= 0.3 is 0 Å². The number of pyridine rings is 1. The number of nitrogens with zero attached hydrogens (tertiary/aromatic N) is 1. The molecule has 4 rings (SSSR count). The molecule has 6 nitrogen and oxygen atoms in total. The topological polar surface area (TPSA) is 88.2 Å². The molecular weight excluding hydrogens is 398 g/mol. The monoisotopic (exact) mass is 423 g/mol. The molecule has 30 heavy (non-hydrogen) atoms. The van der Waals surface area contributed by atoms with Crippen LogP contribution in [-0.4, -0.2) is 37.6 Å². The summed E-state index contributed by atoms with van der Waals surface area (Å²) < 4.78 is 24.7. The number of anilines is 1. The summed E-state index contributed by atoms with van der Waals surface area (Å²) in [4.78, 5) is 17.2. The molecule has 7 heteroatoms. The number of amides is 1. The highest BCUT2D eigenvalue weighted by atomic mass is 32.2. The van der Waals surface area contributed by atoms with Crippen LogP contribution in [0.3, 0.4) is 0 Å². The van der Waals surface area contributed by atoms with Crippen molar-refractivity contribution in [1.29, 1.82) is 0 Å². The average Bonchev–Trinajstić information content (AvgIpc) is 3.55. The van der Waals surface area contributed by atoms with Crippen LogP contribution in [0.1, 0.15) is 35.2 Å². The van der Waals surface area contributed by atoms with Gasteiger partial charge in [-0.05, 0) is 37.0 Å². The van der Waals surface area contributed by atoms with Crippen molar-refractivity contribution < 1.29 is 13.2 Å². The first kappa shape index (κ1) is 20.3. The summed E-state index contributed by atoms with van der Waals surface area (Å²) in [5.74, 6) is 0.630. The van der Waals surface area contributed by atoms with E-state index in [1.54, 1.807) is 6.07 Å². The molecule has 0 unspecified atom stereocenters. The minimum atomic E-state index is -3.18. The lowest BCUT2D eigenvalue weighted by molar-refractivity contribution is 0.0952. The smallest absolute Gasteiger partial charge is 0.252 e. The normalized spacial score (nSPS) is 13.9. The number of benzene rings is 2. The van der Waals surface area contributed by atoms with Crippen molar-refractivity contribution in [2.24, 2.45) is 0 Å². The zero-order valence-electron chi connectivity index (χ0n) is 16.7. The minimum absolute atomic E-state index is 0.0492. The predicted octanol–water partition coefficient (Wildman–Crippen LogP) is 3.54. The summed E-state index contributed by atoms with van der Waals surface area (Å²) in [7, 11) is -3.18. The SMILES string of the molecule is O=C(NC1CC1)c1cc(NCCCS(=O)(=O)Cc2ccccc2)nc2ccccc12. The molecule has 0 aliphatic heterocycles. The molecule has 1 saturated carbocycles. The minimum Gasteiger partial charge on any atom is -0.370 e. The predicted molar refractivity (Wildman–Crippen MR) is 119 cm³/mol. The number of para-hydroxylation sites is 1. The first-order valence-electron chi connectivity index (χ1n) is 10.2. The lowest BCUT2D eigenvalue weighted by atomic mass is 10.1. The highest BCUT2D eigenvalue weighted by molar-refractivity contribution is 7.90. The van der Waals surface area contributed by atoms with Crippen molar-refractivity contribution >= 4 is 32.5 Å². The molecule has 1 aromatic heterocycles. The first-order chi connectivity index (χ1) is 14.5. The van der Waals surface area contributed by atoms with Crippen molar-refractivity contribution in [2.45, 2.75) is 31.1 Å². The van der Waals surface area contributed by atoms with Gasteiger partial charge in [-0.1, -0.05) is 48.5 Å². The fourth-order valence-corrected chi connectivity index (χ4v) is 4.78. The number of carbonyl (C=O) groups is 1. The second kappa shape index (κ2) is 8.83. The van der Waals surface area contributed by atoms with E-state index in [9.17, 15) is 13.2 Å². The third-order valence-corrected chi connectivity index (χ3v) is 6.72. The Balaban J connectivity index is 1.39. The standard InChI is InChI=1S/C23H25N3O3S/c27-23(25-18-11-12-18)20-15-22(26-21-10-5-4-9-19(20)21)24-13-6-14-30(28,29)16-17-7-2-1-3-8-17/h1-5,7-10,15,18H,6,11-14,16H2,(H,24,26)(H,25,27). The molecule has 0 bridgehead atoms. The third kappa shape index (κ3) is 5.36. The Morgan fingerprint density at radius 2 is 1.77 bits per heavy atom. The summed E-state index contributed by atoms with van der Waals surface area (Å²) in [6, 6.07) is 18.8. The van der Waals surface area contributed by atoms with Crippen molar-refractivity contribution in [3.63, 3.8) is 0 Å². The van der Waals surface area contributed by atoms with Crippen molar-refractivity contribution in [1.82, 2.24) is 10.3 Å². The molecule has 2 N–H and O–H groups in total. The number of carbonyl (C=O) groups excluding carboxylic acids is 1. The maximum atomic E-state index is 12.7. The van der Waals surface area contributed by atoms with E-state index in [0.717, 1.165) is 29.3 Å². The molecular formula is C23H25N3O3S. The summed E-state index contributed by atoms with van der Waals surface area (Å²) in [6.45, 7) is 0.461. The summed E-state index contributed by atoms with van der Waals surface area (Å²) >= 11 is 0. The number of nitrogens with one attached hydrogen (secondary N) is 2. The van der Waals surface area contributed by atoms with Gasteiger partial charge in [-0.3, -0.25) is 4.79 Å². The van der Waals surface area contributed by atoms with E-state index in [2.05, 4.69) is 15.6 Å². The zero-order chi connectivity index (χ0) is 21.0. The van der Waals surface area contributed by atoms with Gasteiger partial charge in [0.25, 0.3) is 5.91 Å². The molecule has 0 radical (unpaired) electrons. The molecule has 2 aromatic carbocycles. The number of aromatic nitrogens is 1. The van der Waals surface area contributed by atoms with Crippen LogP contribution in [0.2, 0.25) is 0 Å². The molecule has 1 amide bonds. The summed E-state index contributed by atoms with van der Waals surface area (Å²) in [5.41, 5.74) is 2.12. The number of hydrogen-bond donors (Lipinski definition) is 2. The van der Waals surface area contributed by atoms with Crippen LogP contribution in [0, 0.1) is 0 Å². The molecule has 0 saturated heterocycles. The summed E-state index contributed by atoms with van der Waals surface area (Å²) in [6.07, 6.45) is 2.52. The average molecular weight is 424 g/mol. The van der Waals surface area contributed by atoms with Gasteiger partial charge in [0.15, 0.2) is 9.84 Å². The van der Waals surface area contributed by atoms with Gasteiger partial charge in [-0.2, -0.15) is 0 Å². The molecule has 3 aromatic rings. The molecule has 0 atom stereocenters. The highest BCUT2D eigenvalue weighted by Gasteiger charge is 2.25. The van der Waals surface area contributed by atoms with Gasteiger partial charge in [0.2, 0.25) is 0 Å². The Morgan fingerprint density at radius 3 is 2.53 bits per heavy atom. The van der Waals surface area contributed by atoms with Crippen molar-refractivity contribution in [3.8, 4) is 0 Å². The van der Waals surface area contributed by atoms with E-state index in [0.29, 0.717) is 24.3 Å². The number of rotatable bonds is 9. The maximum Gasteiger partial charge on any atom is 0.252 e. The third-order valence-electron chi connectivity index (χ3n) is 5.04. The Hall–Kier alpha value is -2.93. The molecule has 0 spiro atoms. The van der Waals surface area contributed by atoms with Crippen LogP contribution in [0.5, 0.6) is 0 Å². The van der Waals surface area contributed by atoms with E-state index < -0.39 is 9.84 Å². The van der Waals surface area contributed by atoms with Crippen LogP contribution in [-0.2, 0) is 15.6 Å². The lowest BCUT2D eigenvalue weighted by Gasteiger charge is -2.11. The van der Waals surface area contributed by atoms with E-state index in [1.165, 1.54) is 0 Å². The molecule has 1 aliphatic rings. The fraction of sp³-hybridized carbons (Fsp3) is 0.304. The Morgan fingerprint density at radius 1 is 1.03 bits per heavy atom. The van der Waals surface area contributed by atoms with Crippen LogP contribution < -0.4 is 10.6 Å². The molecule has 1 aliphatic carbocycles. The van der Waals surface area contributed by atoms with Gasteiger partial charge in [0.05, 0.1) is 22.6 Å². The highest BCUT2D eigenvalue weighted by Crippen LogP contribution is 2.24. The number of hydrogen-bond acceptors (Lipinski definition) is 5. The second-order valence-corrected chi connectivity index (χ2v) is 9.86. The Bertz CT molecular complexity index is 1140. The van der Waals surface area contributed by atoms with Crippen LogP contribution >= 0.6 is 0 Å². The molecule has 156 valence electrons. The van der Waals surface area contributed by atoms with E-state index in [4.69, 9.17) is 0 Å². The van der Waals surface area contributed by atoms with Gasteiger partial charge in [0, 0.05) is 18.0 Å². The molecule has 1 fully saturated rings. The van der Waals surface area contributed by atoms with Crippen LogP contribution in [0.4, 0.5) is 5.82 Å². The number of sulfone groups is 1. The summed E-state index contributed by atoms with van der Waals surface area (Å²) in [5, 5.41) is 7.02. The maximum absolute atomic E-state index is 12.7. The van der Waals surface area contributed by atoms with Crippen molar-refractivity contribution in [2.75, 3.05) is 17.6 Å². The zero-order valence-corrected chi connectivity index (χ0v) is 17.5. The Labute approximate surface area is 176 Å². The fourth-order valence-electron chi connectivity index (χ4n) is 3.35. The Kier molecular flexibility index (Phi) is 5.99. The van der Waals surface area contributed by atoms with Crippen molar-refractivity contribution in [3.05, 3.63) is 71.8 Å². The molecule has 1 heterocycles. The van der Waals surface area contributed by atoms with E-state index in [-0.39, 0.29) is 23.5 Å². The van der Waals surface area contributed by atoms with E-state index >= 15 is 0 Å². The number of fused-ring (bicyclic) bond motifs is 1. The first-order valence-corrected chi connectivity index (χ1v) is 12.0. The van der Waals surface area contributed by atoms with Gasteiger partial charge in [-0.15, -0.1) is 0 Å². The quantitative estimate of drug-likeness (QED) is 0.514. The van der Waals surface area contributed by atoms with Gasteiger partial charge < -0.3 is 10.6 Å². The largest absolute Gasteiger partial charge is 0.370 e. The van der Waals surface area contributed by atoms with Crippen LogP contribution in [0.25, 0.3) is 10.9 Å². The lowest BCUT2D eigenvalue weighted by Crippen LogP contribution is -2.25. The van der Waals surface area contributed by atoms with E-state index in [1.807, 2.05) is 54.6 Å². The van der Waals surface area contributed by atoms with Crippen LogP contribution in [0.15, 0.2) is 60.7 Å².